The Bertz CT molecular complexity index is 382. The van der Waals surface area contributed by atoms with Gasteiger partial charge in [0.2, 0.25) is 0 Å². The molecule has 5 heteroatoms. The van der Waals surface area contributed by atoms with Gasteiger partial charge < -0.3 is 5.32 Å². The lowest BCUT2D eigenvalue weighted by Crippen LogP contribution is -2.41. The van der Waals surface area contributed by atoms with E-state index < -0.39 is 12.6 Å². The molecule has 1 fully saturated rings. The van der Waals surface area contributed by atoms with Gasteiger partial charge in [-0.05, 0) is 36.5 Å². The molecule has 1 aliphatic carbocycles. The van der Waals surface area contributed by atoms with Crippen LogP contribution in [0.4, 0.5) is 13.2 Å². The van der Waals surface area contributed by atoms with Crippen LogP contribution in [0.5, 0.6) is 0 Å². The number of hydrogen-bond acceptors (Lipinski definition) is 1. The van der Waals surface area contributed by atoms with Crippen LogP contribution in [0.3, 0.4) is 0 Å². The summed E-state index contributed by atoms with van der Waals surface area (Å²) >= 11 is 5.80. The molecule has 0 bridgehead atoms. The van der Waals surface area contributed by atoms with Gasteiger partial charge in [0, 0.05) is 17.6 Å². The van der Waals surface area contributed by atoms with Crippen molar-refractivity contribution in [3.8, 4) is 0 Å². The van der Waals surface area contributed by atoms with E-state index in [0.29, 0.717) is 10.9 Å². The van der Waals surface area contributed by atoms with E-state index in [1.807, 2.05) is 24.3 Å². The Morgan fingerprint density at radius 1 is 1.17 bits per heavy atom. The summed E-state index contributed by atoms with van der Waals surface area (Å²) in [7, 11) is 0. The topological polar surface area (TPSA) is 12.0 Å². The van der Waals surface area contributed by atoms with Gasteiger partial charge in [-0.25, -0.2) is 0 Å². The Morgan fingerprint density at radius 2 is 1.78 bits per heavy atom. The third-order valence-electron chi connectivity index (χ3n) is 3.32. The highest BCUT2D eigenvalue weighted by atomic mass is 35.5. The summed E-state index contributed by atoms with van der Waals surface area (Å²) in [5.41, 5.74) is 1.22. The van der Waals surface area contributed by atoms with Crippen LogP contribution in [0.1, 0.15) is 30.7 Å². The summed E-state index contributed by atoms with van der Waals surface area (Å²) in [5.74, 6) is 0.450. The van der Waals surface area contributed by atoms with Crippen molar-refractivity contribution in [1.82, 2.24) is 5.32 Å². The molecule has 100 valence electrons. The lowest BCUT2D eigenvalue weighted by molar-refractivity contribution is -0.133. The van der Waals surface area contributed by atoms with Crippen molar-refractivity contribution in [3.05, 3.63) is 34.9 Å². The lowest BCUT2D eigenvalue weighted by atomic mass is 9.76. The van der Waals surface area contributed by atoms with Crippen LogP contribution in [0, 0.1) is 0 Å². The first-order valence-corrected chi connectivity index (χ1v) is 6.37. The normalized spacial score (nSPS) is 23.8. The Balaban J connectivity index is 1.69. The van der Waals surface area contributed by atoms with Gasteiger partial charge in [0.15, 0.2) is 0 Å². The van der Waals surface area contributed by atoms with Gasteiger partial charge in [0.1, 0.15) is 0 Å². The second-order valence-corrected chi connectivity index (χ2v) is 5.17. The second kappa shape index (κ2) is 5.49. The maximum atomic E-state index is 12.0. The minimum atomic E-state index is -4.06. The number of hydrogen-bond donors (Lipinski definition) is 1. The molecule has 2 rings (SSSR count). The number of rotatable bonds is 4. The van der Waals surface area contributed by atoms with Crippen molar-refractivity contribution in [1.29, 1.82) is 0 Å². The SMILES string of the molecule is FC(F)(F)CCNC1CC(c2ccc(Cl)cc2)C1. The minimum absolute atomic E-state index is 0.0154. The maximum absolute atomic E-state index is 12.0. The summed E-state index contributed by atoms with van der Waals surface area (Å²) in [6, 6.07) is 7.88. The van der Waals surface area contributed by atoms with Crippen LogP contribution in [0.15, 0.2) is 24.3 Å². The highest BCUT2D eigenvalue weighted by Crippen LogP contribution is 2.37. The second-order valence-electron chi connectivity index (χ2n) is 4.74. The Kier molecular flexibility index (Phi) is 4.17. The molecule has 1 aromatic carbocycles. The molecule has 0 atom stereocenters. The zero-order valence-electron chi connectivity index (χ0n) is 9.80. The summed E-state index contributed by atoms with van der Waals surface area (Å²) in [6.07, 6.45) is -3.01. The van der Waals surface area contributed by atoms with Crippen LogP contribution in [0.25, 0.3) is 0 Å². The van der Waals surface area contributed by atoms with Crippen molar-refractivity contribution < 1.29 is 13.2 Å². The van der Waals surface area contributed by atoms with Crippen molar-refractivity contribution in [2.45, 2.75) is 37.4 Å². The monoisotopic (exact) mass is 277 g/mol. The molecular weight excluding hydrogens is 263 g/mol. The first-order chi connectivity index (χ1) is 8.44. The van der Waals surface area contributed by atoms with E-state index in [1.165, 1.54) is 5.56 Å². The fourth-order valence-electron chi connectivity index (χ4n) is 2.21. The smallest absolute Gasteiger partial charge is 0.314 e. The molecule has 0 spiro atoms. The van der Waals surface area contributed by atoms with Crippen molar-refractivity contribution >= 4 is 11.6 Å². The number of benzene rings is 1. The molecule has 0 heterocycles. The lowest BCUT2D eigenvalue weighted by Gasteiger charge is -2.36. The van der Waals surface area contributed by atoms with Gasteiger partial charge in [0.25, 0.3) is 0 Å². The van der Waals surface area contributed by atoms with E-state index >= 15 is 0 Å². The van der Waals surface area contributed by atoms with Crippen LogP contribution in [-0.4, -0.2) is 18.8 Å². The first-order valence-electron chi connectivity index (χ1n) is 5.99. The highest BCUT2D eigenvalue weighted by molar-refractivity contribution is 6.30. The predicted octanol–water partition coefficient (Wildman–Crippen LogP) is 4.13. The van der Waals surface area contributed by atoms with Gasteiger partial charge in [-0.1, -0.05) is 23.7 Å². The molecule has 0 amide bonds. The van der Waals surface area contributed by atoms with Gasteiger partial charge in [-0.15, -0.1) is 0 Å². The average Bonchev–Trinajstić information content (AvgIpc) is 2.22. The van der Waals surface area contributed by atoms with Crippen molar-refractivity contribution in [2.75, 3.05) is 6.54 Å². The molecule has 0 aromatic heterocycles. The van der Waals surface area contributed by atoms with Crippen molar-refractivity contribution in [2.24, 2.45) is 0 Å². The molecule has 1 aromatic rings. The first kappa shape index (κ1) is 13.7. The molecule has 0 saturated heterocycles. The molecule has 0 radical (unpaired) electrons. The quantitative estimate of drug-likeness (QED) is 0.873. The number of halogens is 4. The van der Waals surface area contributed by atoms with Gasteiger partial charge >= 0.3 is 6.18 Å². The van der Waals surface area contributed by atoms with Crippen LogP contribution in [-0.2, 0) is 0 Å². The van der Waals surface area contributed by atoms with Crippen molar-refractivity contribution in [3.63, 3.8) is 0 Å². The van der Waals surface area contributed by atoms with Crippen LogP contribution >= 0.6 is 11.6 Å². The van der Waals surface area contributed by atoms with Gasteiger partial charge in [-0.3, -0.25) is 0 Å². The Morgan fingerprint density at radius 3 is 2.33 bits per heavy atom. The summed E-state index contributed by atoms with van der Waals surface area (Å²) in [6.45, 7) is 0.0154. The third kappa shape index (κ3) is 3.89. The number of alkyl halides is 3. The van der Waals surface area contributed by atoms with Crippen LogP contribution < -0.4 is 5.32 Å². The summed E-state index contributed by atoms with van der Waals surface area (Å²) < 4.78 is 35.9. The molecule has 1 nitrogen and oxygen atoms in total. The maximum Gasteiger partial charge on any atom is 0.390 e. The largest absolute Gasteiger partial charge is 0.390 e. The zero-order valence-corrected chi connectivity index (χ0v) is 10.6. The molecule has 18 heavy (non-hydrogen) atoms. The summed E-state index contributed by atoms with van der Waals surface area (Å²) in [5, 5.41) is 3.65. The molecule has 0 aliphatic heterocycles. The average molecular weight is 278 g/mol. The number of nitrogens with one attached hydrogen (secondary N) is 1. The Hall–Kier alpha value is -0.740. The van der Waals surface area contributed by atoms with Crippen LogP contribution in [0.2, 0.25) is 5.02 Å². The molecule has 1 aliphatic rings. The van der Waals surface area contributed by atoms with E-state index in [1.54, 1.807) is 0 Å². The standard InChI is InChI=1S/C13H15ClF3N/c14-11-3-1-9(2-4-11)10-7-12(8-10)18-6-5-13(15,16)17/h1-4,10,12,18H,5-8H2. The van der Waals surface area contributed by atoms with E-state index in [0.717, 1.165) is 12.8 Å². The molecular formula is C13H15ClF3N. The van der Waals surface area contributed by atoms with Gasteiger partial charge in [0.05, 0.1) is 6.42 Å². The van der Waals surface area contributed by atoms with E-state index in [4.69, 9.17) is 11.6 Å². The van der Waals surface area contributed by atoms with Gasteiger partial charge in [-0.2, -0.15) is 13.2 Å². The fraction of sp³-hybridized carbons (Fsp3) is 0.538. The molecule has 1 N–H and O–H groups in total. The van der Waals surface area contributed by atoms with E-state index in [2.05, 4.69) is 5.32 Å². The minimum Gasteiger partial charge on any atom is -0.314 e. The molecule has 0 unspecified atom stereocenters. The third-order valence-corrected chi connectivity index (χ3v) is 3.57. The predicted molar refractivity (Wildman–Crippen MR) is 65.9 cm³/mol. The highest BCUT2D eigenvalue weighted by Gasteiger charge is 2.31. The molecule has 1 saturated carbocycles. The van der Waals surface area contributed by atoms with E-state index in [-0.39, 0.29) is 12.6 Å². The summed E-state index contributed by atoms with van der Waals surface area (Å²) in [4.78, 5) is 0. The Labute approximate surface area is 109 Å². The van der Waals surface area contributed by atoms with E-state index in [9.17, 15) is 13.2 Å². The fourth-order valence-corrected chi connectivity index (χ4v) is 2.34. The zero-order chi connectivity index (χ0) is 13.2.